The first-order chi connectivity index (χ1) is 13.9. The van der Waals surface area contributed by atoms with Gasteiger partial charge in [0, 0.05) is 43.3 Å². The number of piperazine rings is 1. The van der Waals surface area contributed by atoms with Gasteiger partial charge in [0.2, 0.25) is 0 Å². The molecule has 2 atom stereocenters. The van der Waals surface area contributed by atoms with E-state index >= 15 is 0 Å². The zero-order valence-electron chi connectivity index (χ0n) is 17.4. The molecule has 0 radical (unpaired) electrons. The van der Waals surface area contributed by atoms with Crippen molar-refractivity contribution in [2.24, 2.45) is 0 Å². The Labute approximate surface area is 179 Å². The molecule has 5 heteroatoms. The van der Waals surface area contributed by atoms with E-state index in [0.29, 0.717) is 12.1 Å². The Kier molecular flexibility index (Phi) is 7.70. The van der Waals surface area contributed by atoms with Crippen LogP contribution in [0.2, 0.25) is 5.02 Å². The molecule has 2 aromatic rings. The van der Waals surface area contributed by atoms with Crippen LogP contribution < -0.4 is 0 Å². The van der Waals surface area contributed by atoms with Crippen molar-refractivity contribution in [1.29, 1.82) is 0 Å². The molecular weight excluding hydrogens is 384 g/mol. The summed E-state index contributed by atoms with van der Waals surface area (Å²) in [4.78, 5) is 16.1. The number of aliphatic carboxylic acids is 1. The van der Waals surface area contributed by atoms with Crippen molar-refractivity contribution in [2.45, 2.75) is 45.2 Å². The molecule has 29 heavy (non-hydrogen) atoms. The van der Waals surface area contributed by atoms with Gasteiger partial charge in [0.05, 0.1) is 6.42 Å². The first kappa shape index (κ1) is 21.8. The second-order valence-electron chi connectivity index (χ2n) is 8.21. The topological polar surface area (TPSA) is 43.8 Å². The number of rotatable bonds is 8. The lowest BCUT2D eigenvalue weighted by Gasteiger charge is -2.44. The van der Waals surface area contributed by atoms with E-state index in [0.717, 1.165) is 49.6 Å². The van der Waals surface area contributed by atoms with E-state index in [2.05, 4.69) is 41.8 Å². The number of carboxylic acid groups (broad SMARTS) is 1. The van der Waals surface area contributed by atoms with Gasteiger partial charge in [-0.25, -0.2) is 0 Å². The molecule has 0 bridgehead atoms. The number of benzene rings is 2. The van der Waals surface area contributed by atoms with Crippen LogP contribution in [0.25, 0.3) is 0 Å². The van der Waals surface area contributed by atoms with Gasteiger partial charge < -0.3 is 5.11 Å². The quantitative estimate of drug-likeness (QED) is 0.704. The summed E-state index contributed by atoms with van der Waals surface area (Å²) in [6, 6.07) is 17.2. The van der Waals surface area contributed by atoms with Crippen LogP contribution in [0.3, 0.4) is 0 Å². The number of hydrogen-bond acceptors (Lipinski definition) is 3. The summed E-state index contributed by atoms with van der Waals surface area (Å²) >= 11 is 5.98. The Morgan fingerprint density at radius 3 is 2.24 bits per heavy atom. The highest BCUT2D eigenvalue weighted by Gasteiger charge is 2.28. The normalized spacial score (nSPS) is 20.7. The van der Waals surface area contributed by atoms with Gasteiger partial charge in [-0.3, -0.25) is 14.6 Å². The first-order valence-electron chi connectivity index (χ1n) is 10.4. The summed E-state index contributed by atoms with van der Waals surface area (Å²) in [7, 11) is 0. The molecule has 1 fully saturated rings. The maximum Gasteiger partial charge on any atom is 0.307 e. The Morgan fingerprint density at radius 2 is 1.59 bits per heavy atom. The molecular formula is C24H31ClN2O2. The van der Waals surface area contributed by atoms with Crippen molar-refractivity contribution in [3.63, 3.8) is 0 Å². The Hall–Kier alpha value is -1.88. The van der Waals surface area contributed by atoms with E-state index in [1.165, 1.54) is 11.1 Å². The number of halogens is 1. The van der Waals surface area contributed by atoms with E-state index in [1.807, 2.05) is 30.3 Å². The third-order valence-electron chi connectivity index (χ3n) is 5.81. The zero-order valence-corrected chi connectivity index (χ0v) is 18.1. The van der Waals surface area contributed by atoms with Crippen molar-refractivity contribution in [1.82, 2.24) is 9.80 Å². The lowest BCUT2D eigenvalue weighted by molar-refractivity contribution is -0.136. The zero-order chi connectivity index (χ0) is 20.8. The number of carbonyl (C=O) groups is 1. The van der Waals surface area contributed by atoms with Crippen LogP contribution in [-0.2, 0) is 24.1 Å². The second kappa shape index (κ2) is 10.2. The molecule has 3 rings (SSSR count). The minimum Gasteiger partial charge on any atom is -0.481 e. The molecule has 1 aliphatic heterocycles. The molecule has 0 saturated carbocycles. The van der Waals surface area contributed by atoms with Crippen LogP contribution in [0.4, 0.5) is 0 Å². The molecule has 2 aromatic carbocycles. The molecule has 1 saturated heterocycles. The number of hydrogen-bond donors (Lipinski definition) is 1. The molecule has 0 aromatic heterocycles. The van der Waals surface area contributed by atoms with Gasteiger partial charge in [-0.2, -0.15) is 0 Å². The van der Waals surface area contributed by atoms with Gasteiger partial charge in [0.15, 0.2) is 0 Å². The third-order valence-corrected chi connectivity index (χ3v) is 6.06. The molecule has 1 heterocycles. The summed E-state index contributed by atoms with van der Waals surface area (Å²) in [5, 5.41) is 9.79. The second-order valence-corrected chi connectivity index (χ2v) is 8.65. The van der Waals surface area contributed by atoms with Crippen molar-refractivity contribution in [3.05, 3.63) is 70.2 Å². The van der Waals surface area contributed by atoms with Crippen molar-refractivity contribution in [2.75, 3.05) is 26.2 Å². The van der Waals surface area contributed by atoms with Crippen LogP contribution in [0.5, 0.6) is 0 Å². The van der Waals surface area contributed by atoms with Gasteiger partial charge in [0.25, 0.3) is 0 Å². The molecule has 4 nitrogen and oxygen atoms in total. The van der Waals surface area contributed by atoms with Crippen LogP contribution in [-0.4, -0.2) is 59.1 Å². The average molecular weight is 415 g/mol. The molecule has 0 aliphatic carbocycles. The minimum atomic E-state index is -0.779. The summed E-state index contributed by atoms with van der Waals surface area (Å²) < 4.78 is 0. The average Bonchev–Trinajstić information content (AvgIpc) is 2.67. The Balaban J connectivity index is 1.49. The maximum absolute atomic E-state index is 10.9. The molecule has 156 valence electrons. The van der Waals surface area contributed by atoms with E-state index in [9.17, 15) is 4.79 Å². The van der Waals surface area contributed by atoms with Crippen molar-refractivity contribution < 1.29 is 9.90 Å². The molecule has 0 amide bonds. The van der Waals surface area contributed by atoms with Gasteiger partial charge >= 0.3 is 5.97 Å². The first-order valence-corrected chi connectivity index (χ1v) is 10.8. The van der Waals surface area contributed by atoms with Crippen LogP contribution in [0.15, 0.2) is 48.5 Å². The molecule has 1 N–H and O–H groups in total. The van der Waals surface area contributed by atoms with E-state index < -0.39 is 5.97 Å². The predicted molar refractivity (Wildman–Crippen MR) is 119 cm³/mol. The highest BCUT2D eigenvalue weighted by molar-refractivity contribution is 6.30. The van der Waals surface area contributed by atoms with Crippen LogP contribution in [0.1, 0.15) is 30.5 Å². The number of nitrogens with zero attached hydrogens (tertiary/aromatic N) is 2. The van der Waals surface area contributed by atoms with Crippen LogP contribution >= 0.6 is 11.6 Å². The minimum absolute atomic E-state index is 0.0902. The van der Waals surface area contributed by atoms with Crippen LogP contribution in [0, 0.1) is 0 Å². The highest BCUT2D eigenvalue weighted by Crippen LogP contribution is 2.18. The Bertz CT molecular complexity index is 797. The lowest BCUT2D eigenvalue weighted by Crippen LogP contribution is -2.57. The van der Waals surface area contributed by atoms with E-state index in [4.69, 9.17) is 16.7 Å². The largest absolute Gasteiger partial charge is 0.481 e. The summed E-state index contributed by atoms with van der Waals surface area (Å²) in [5.41, 5.74) is 3.43. The third kappa shape index (κ3) is 6.56. The smallest absolute Gasteiger partial charge is 0.307 e. The highest BCUT2D eigenvalue weighted by atomic mass is 35.5. The van der Waals surface area contributed by atoms with Gasteiger partial charge in [-0.1, -0.05) is 48.0 Å². The Morgan fingerprint density at radius 1 is 0.966 bits per heavy atom. The number of carboxylic acids is 1. The molecule has 1 aliphatic rings. The SMILES string of the molecule is C[C@@H]1CN(CCc2ccc(Cl)cc2)C[C@H](C)N1CCc1cccc(CC(=O)O)c1. The summed E-state index contributed by atoms with van der Waals surface area (Å²) in [5.74, 6) is -0.779. The summed E-state index contributed by atoms with van der Waals surface area (Å²) in [6.07, 6.45) is 2.09. The van der Waals surface area contributed by atoms with Gasteiger partial charge in [0.1, 0.15) is 0 Å². The fourth-order valence-corrected chi connectivity index (χ4v) is 4.48. The van der Waals surface area contributed by atoms with Crippen molar-refractivity contribution in [3.8, 4) is 0 Å². The predicted octanol–water partition coefficient (Wildman–Crippen LogP) is 4.15. The molecule has 0 spiro atoms. The van der Waals surface area contributed by atoms with Gasteiger partial charge in [-0.15, -0.1) is 0 Å². The fraction of sp³-hybridized carbons (Fsp3) is 0.458. The van der Waals surface area contributed by atoms with E-state index in [1.54, 1.807) is 0 Å². The molecule has 0 unspecified atom stereocenters. The van der Waals surface area contributed by atoms with E-state index in [-0.39, 0.29) is 6.42 Å². The maximum atomic E-state index is 10.9. The van der Waals surface area contributed by atoms with Gasteiger partial charge in [-0.05, 0) is 55.5 Å². The summed E-state index contributed by atoms with van der Waals surface area (Å²) in [6.45, 7) is 8.86. The lowest BCUT2D eigenvalue weighted by atomic mass is 10.0. The fourth-order valence-electron chi connectivity index (χ4n) is 4.36. The standard InChI is InChI=1S/C24H31ClN2O2/c1-18-16-26(12-10-20-6-8-23(25)9-7-20)17-19(2)27(18)13-11-21-4-3-5-22(14-21)15-24(28)29/h3-9,14,18-19H,10-13,15-17H2,1-2H3,(H,28,29)/t18-,19+. The van der Waals surface area contributed by atoms with Crippen molar-refractivity contribution >= 4 is 17.6 Å². The monoisotopic (exact) mass is 414 g/mol.